The van der Waals surface area contributed by atoms with Crippen LogP contribution in [0.3, 0.4) is 0 Å². The van der Waals surface area contributed by atoms with E-state index in [1.807, 2.05) is 32.0 Å². The molecule has 16 nitrogen and oxygen atoms in total. The predicted octanol–water partition coefficient (Wildman–Crippen LogP) is 5.21. The number of nitriles is 1. The molecule has 1 amide bonds. The number of rotatable bonds is 16. The van der Waals surface area contributed by atoms with Gasteiger partial charge in [-0.25, -0.2) is 19.9 Å². The normalized spacial score (nSPS) is 16.9. The van der Waals surface area contributed by atoms with Crippen molar-refractivity contribution in [2.75, 3.05) is 54.6 Å². The number of aromatic amines is 1. The molecule has 0 saturated heterocycles. The molecule has 1 saturated carbocycles. The number of nitrogens with one attached hydrogen (secondary N) is 2. The summed E-state index contributed by atoms with van der Waals surface area (Å²) in [6.45, 7) is 6.85. The van der Waals surface area contributed by atoms with Gasteiger partial charge >= 0.3 is 0 Å². The lowest BCUT2D eigenvalue weighted by Crippen LogP contribution is -2.42. The third-order valence-corrected chi connectivity index (χ3v) is 9.52. The van der Waals surface area contributed by atoms with Crippen molar-refractivity contribution in [3.63, 3.8) is 0 Å². The van der Waals surface area contributed by atoms with Gasteiger partial charge in [0.1, 0.15) is 23.7 Å². The number of anilines is 3. The van der Waals surface area contributed by atoms with E-state index in [4.69, 9.17) is 14.5 Å². The summed E-state index contributed by atoms with van der Waals surface area (Å²) in [6, 6.07) is 10.8. The Labute approximate surface area is 301 Å². The summed E-state index contributed by atoms with van der Waals surface area (Å²) in [6.07, 6.45) is 9.97. The minimum Gasteiger partial charge on any atom is -0.380 e. The maximum Gasteiger partial charge on any atom is 0.289 e. The zero-order chi connectivity index (χ0) is 36.5. The van der Waals surface area contributed by atoms with Crippen molar-refractivity contribution >= 4 is 28.9 Å². The first-order chi connectivity index (χ1) is 25.4. The van der Waals surface area contributed by atoms with Gasteiger partial charge in [0.05, 0.1) is 42.6 Å². The first-order valence-electron chi connectivity index (χ1n) is 17.8. The zero-order valence-corrected chi connectivity index (χ0v) is 29.5. The van der Waals surface area contributed by atoms with Crippen molar-refractivity contribution in [3.8, 4) is 28.8 Å². The van der Waals surface area contributed by atoms with Crippen LogP contribution in [0.2, 0.25) is 0 Å². The Morgan fingerprint density at radius 3 is 2.62 bits per heavy atom. The van der Waals surface area contributed by atoms with Gasteiger partial charge in [-0.3, -0.25) is 24.9 Å². The molecular formula is C36H43N11O5. The van der Waals surface area contributed by atoms with Crippen LogP contribution in [-0.4, -0.2) is 92.6 Å². The third kappa shape index (κ3) is 8.49. The minimum absolute atomic E-state index is 0.0770. The van der Waals surface area contributed by atoms with Gasteiger partial charge in [0.2, 0.25) is 5.91 Å². The fraction of sp³-hybridized carbons (Fsp3) is 0.472. The van der Waals surface area contributed by atoms with E-state index < -0.39 is 4.92 Å². The van der Waals surface area contributed by atoms with E-state index in [-0.39, 0.29) is 35.8 Å². The van der Waals surface area contributed by atoms with Crippen molar-refractivity contribution in [2.45, 2.75) is 70.9 Å². The summed E-state index contributed by atoms with van der Waals surface area (Å²) in [7, 11) is 0. The van der Waals surface area contributed by atoms with Crippen LogP contribution in [0.1, 0.15) is 63.1 Å². The monoisotopic (exact) mass is 709 g/mol. The number of nitrogens with zero attached hydrogens (tertiary/aromatic N) is 9. The average Bonchev–Trinajstić information content (AvgIpc) is 3.71. The number of H-pyrrole nitrogens is 1. The van der Waals surface area contributed by atoms with Gasteiger partial charge in [0.15, 0.2) is 17.5 Å². The van der Waals surface area contributed by atoms with E-state index in [0.29, 0.717) is 55.2 Å². The van der Waals surface area contributed by atoms with Crippen molar-refractivity contribution < 1.29 is 19.2 Å². The summed E-state index contributed by atoms with van der Waals surface area (Å²) in [5, 5.41) is 30.5. The number of carbonyl (C=O) groups is 1. The van der Waals surface area contributed by atoms with Crippen molar-refractivity contribution in [1.82, 2.24) is 30.1 Å². The fourth-order valence-corrected chi connectivity index (χ4v) is 6.82. The molecule has 4 aromatic rings. The Hall–Kier alpha value is -5.53. The van der Waals surface area contributed by atoms with Gasteiger partial charge < -0.3 is 19.7 Å². The minimum atomic E-state index is -0.491. The molecule has 16 heteroatoms. The summed E-state index contributed by atoms with van der Waals surface area (Å²) in [5.74, 6) is 1.45. The van der Waals surface area contributed by atoms with Gasteiger partial charge in [0, 0.05) is 48.8 Å². The molecule has 1 aliphatic heterocycles. The Kier molecular flexibility index (Phi) is 11.9. The Bertz CT molecular complexity index is 1890. The highest BCUT2D eigenvalue weighted by molar-refractivity contribution is 6.00. The number of nitro groups is 1. The average molecular weight is 710 g/mol. The molecule has 2 aliphatic rings. The van der Waals surface area contributed by atoms with E-state index in [2.05, 4.69) is 35.4 Å². The smallest absolute Gasteiger partial charge is 0.289 e. The Morgan fingerprint density at radius 1 is 1.06 bits per heavy atom. The third-order valence-electron chi connectivity index (χ3n) is 9.52. The largest absolute Gasteiger partial charge is 0.380 e. The van der Waals surface area contributed by atoms with Crippen LogP contribution >= 0.6 is 0 Å². The van der Waals surface area contributed by atoms with Crippen molar-refractivity contribution in [3.05, 3.63) is 64.2 Å². The van der Waals surface area contributed by atoms with Crippen LogP contribution in [0.5, 0.6) is 0 Å². The van der Waals surface area contributed by atoms with E-state index in [9.17, 15) is 20.2 Å². The van der Waals surface area contributed by atoms with Gasteiger partial charge in [-0.1, -0.05) is 0 Å². The summed E-state index contributed by atoms with van der Waals surface area (Å²) < 4.78 is 12.1. The second-order valence-corrected chi connectivity index (χ2v) is 12.8. The maximum absolute atomic E-state index is 12.9. The molecule has 0 spiro atoms. The molecule has 52 heavy (non-hydrogen) atoms. The number of benzene rings is 1. The van der Waals surface area contributed by atoms with E-state index >= 15 is 0 Å². The molecule has 1 aliphatic carbocycles. The number of hydrogen-bond donors (Lipinski definition) is 2. The highest BCUT2D eigenvalue weighted by Crippen LogP contribution is 2.33. The SMILES string of the molecule is CCN(c1ccc(C#N)c([N+](=O)[O-])c1)C1CCC(OCCCCCOCCN2C(=O)CNc3ncc(-c4ccc(-c5nc[nH]n5)nc4C)nc32)CC1. The van der Waals surface area contributed by atoms with Gasteiger partial charge in [-0.2, -0.15) is 10.4 Å². The van der Waals surface area contributed by atoms with Crippen LogP contribution in [0.25, 0.3) is 22.8 Å². The quantitative estimate of drug-likeness (QED) is 0.0873. The summed E-state index contributed by atoms with van der Waals surface area (Å²) >= 11 is 0. The molecule has 6 rings (SSSR count). The van der Waals surface area contributed by atoms with Crippen molar-refractivity contribution in [2.24, 2.45) is 0 Å². The molecule has 0 bridgehead atoms. The number of carbonyl (C=O) groups excluding carboxylic acids is 1. The van der Waals surface area contributed by atoms with Gasteiger partial charge in [-0.15, -0.1) is 0 Å². The molecule has 3 aromatic heterocycles. The fourth-order valence-electron chi connectivity index (χ4n) is 6.82. The molecule has 1 aromatic carbocycles. The lowest BCUT2D eigenvalue weighted by atomic mass is 9.91. The van der Waals surface area contributed by atoms with Crippen LogP contribution in [0, 0.1) is 28.4 Å². The summed E-state index contributed by atoms with van der Waals surface area (Å²) in [5.41, 5.74) is 3.52. The number of fused-ring (bicyclic) bond motifs is 1. The standard InChI is InChI=1S/C36H43N11O5/c1-3-45(27-8-7-25(20-37)32(19-27)47(49)50)26-9-11-28(12-10-26)52-17-6-4-5-16-51-18-15-46-33(48)22-39-35-36(46)43-31(21-38-35)29-13-14-30(42-24(29)2)34-40-23-41-44-34/h7-8,13-14,19,21,23,26,28H,3-6,9-12,15-18,22H2,1-2H3,(H,38,39)(H,40,41,44). The molecule has 0 unspecified atom stereocenters. The predicted molar refractivity (Wildman–Crippen MR) is 194 cm³/mol. The first-order valence-corrected chi connectivity index (χ1v) is 17.8. The molecule has 2 N–H and O–H groups in total. The van der Waals surface area contributed by atoms with Gasteiger partial charge in [-0.05, 0) is 83.1 Å². The van der Waals surface area contributed by atoms with Crippen molar-refractivity contribution in [1.29, 1.82) is 5.26 Å². The molecule has 4 heterocycles. The maximum atomic E-state index is 12.9. The second-order valence-electron chi connectivity index (χ2n) is 12.8. The highest BCUT2D eigenvalue weighted by Gasteiger charge is 2.29. The number of aromatic nitrogens is 6. The number of amides is 1. The van der Waals surface area contributed by atoms with Crippen LogP contribution in [0.4, 0.5) is 23.0 Å². The number of hydrogen-bond acceptors (Lipinski definition) is 13. The molecular weight excluding hydrogens is 666 g/mol. The first kappa shape index (κ1) is 36.3. The van der Waals surface area contributed by atoms with Gasteiger partial charge in [0.25, 0.3) is 5.69 Å². The number of aryl methyl sites for hydroxylation is 1. The number of ether oxygens (including phenoxy) is 2. The number of pyridine rings is 1. The topological polar surface area (TPSA) is 201 Å². The zero-order valence-electron chi connectivity index (χ0n) is 29.5. The lowest BCUT2D eigenvalue weighted by molar-refractivity contribution is -0.385. The summed E-state index contributed by atoms with van der Waals surface area (Å²) in [4.78, 5) is 45.8. The molecule has 1 fully saturated rings. The Balaban J connectivity index is 0.894. The molecule has 0 radical (unpaired) electrons. The van der Waals surface area contributed by atoms with Crippen LogP contribution < -0.4 is 15.1 Å². The van der Waals surface area contributed by atoms with E-state index in [1.165, 1.54) is 18.5 Å². The van der Waals surface area contributed by atoms with E-state index in [0.717, 1.165) is 68.4 Å². The van der Waals surface area contributed by atoms with Crippen LogP contribution in [0.15, 0.2) is 42.9 Å². The van der Waals surface area contributed by atoms with E-state index in [1.54, 1.807) is 17.2 Å². The van der Waals surface area contributed by atoms with Crippen LogP contribution in [-0.2, 0) is 14.3 Å². The highest BCUT2D eigenvalue weighted by atomic mass is 16.6. The molecule has 272 valence electrons. The second kappa shape index (κ2) is 17.1. The lowest BCUT2D eigenvalue weighted by Gasteiger charge is -2.37. The number of nitro benzene ring substituents is 1. The Morgan fingerprint density at radius 2 is 1.88 bits per heavy atom. The number of unbranched alkanes of at least 4 members (excludes halogenated alkanes) is 2. The molecule has 0 atom stereocenters.